The third-order valence-corrected chi connectivity index (χ3v) is 5.37. The minimum atomic E-state index is -0.687. The van der Waals surface area contributed by atoms with Gasteiger partial charge in [-0.2, -0.15) is 0 Å². The lowest BCUT2D eigenvalue weighted by molar-refractivity contribution is -0.129. The van der Waals surface area contributed by atoms with Gasteiger partial charge in [0.1, 0.15) is 18.3 Å². The number of anilines is 2. The summed E-state index contributed by atoms with van der Waals surface area (Å²) in [6, 6.07) is 11.2. The quantitative estimate of drug-likeness (QED) is 0.102. The molecule has 0 fully saturated rings. The van der Waals surface area contributed by atoms with Crippen molar-refractivity contribution in [2.24, 2.45) is 5.84 Å². The highest BCUT2D eigenvalue weighted by Crippen LogP contribution is 2.27. The van der Waals surface area contributed by atoms with Crippen LogP contribution >= 0.6 is 0 Å². The molecule has 0 unspecified atom stereocenters. The van der Waals surface area contributed by atoms with Gasteiger partial charge in [0.2, 0.25) is 6.41 Å². The highest BCUT2D eigenvalue weighted by molar-refractivity contribution is 5.74. The molecular weight excluding hydrogens is 424 g/mol. The van der Waals surface area contributed by atoms with Crippen molar-refractivity contribution in [3.05, 3.63) is 53.6 Å². The lowest BCUT2D eigenvalue weighted by Gasteiger charge is -2.35. The topological polar surface area (TPSA) is 145 Å². The number of phenolic OH excluding ortho intramolecular Hbond substituents is 1. The zero-order valence-electron chi connectivity index (χ0n) is 18.9. The van der Waals surface area contributed by atoms with Gasteiger partial charge in [-0.25, -0.2) is 5.84 Å². The van der Waals surface area contributed by atoms with E-state index in [2.05, 4.69) is 5.32 Å². The SMILES string of the molecule is CN[C@@H](CN(C)Cc1cccc(N)c1N(N)CC=O)N(C=O)[C@H](C=O)Cc1ccc(O)cc1. The number of para-hydroxylation sites is 1. The van der Waals surface area contributed by atoms with Crippen LogP contribution in [0.15, 0.2) is 42.5 Å². The number of hydrogen-bond acceptors (Lipinski definition) is 9. The van der Waals surface area contributed by atoms with E-state index in [0.29, 0.717) is 43.6 Å². The molecule has 33 heavy (non-hydrogen) atoms. The van der Waals surface area contributed by atoms with Crippen LogP contribution in [0.5, 0.6) is 5.75 Å². The maximum absolute atomic E-state index is 11.9. The molecule has 1 amide bonds. The number of benzene rings is 2. The summed E-state index contributed by atoms with van der Waals surface area (Å²) >= 11 is 0. The summed E-state index contributed by atoms with van der Waals surface area (Å²) in [4.78, 5) is 38.1. The summed E-state index contributed by atoms with van der Waals surface area (Å²) < 4.78 is 0. The first-order chi connectivity index (χ1) is 15.8. The zero-order chi connectivity index (χ0) is 24.4. The van der Waals surface area contributed by atoms with Crippen LogP contribution in [0.1, 0.15) is 11.1 Å². The maximum Gasteiger partial charge on any atom is 0.211 e. The van der Waals surface area contributed by atoms with Crippen molar-refractivity contribution in [1.29, 1.82) is 0 Å². The molecule has 2 rings (SSSR count). The molecule has 0 heterocycles. The molecule has 0 aromatic heterocycles. The Morgan fingerprint density at radius 3 is 2.39 bits per heavy atom. The third kappa shape index (κ3) is 7.01. The summed E-state index contributed by atoms with van der Waals surface area (Å²) in [6.45, 7) is 0.852. The van der Waals surface area contributed by atoms with E-state index in [0.717, 1.165) is 17.4 Å². The highest BCUT2D eigenvalue weighted by atomic mass is 16.3. The standard InChI is InChI=1S/C23H32N6O4/c1-26-22(28(16-32)19(15-31)12-17-6-8-20(33)9-7-17)14-27(2)13-18-4-3-5-21(24)23(18)29(25)10-11-30/h3-9,11,15-16,19,22,26,33H,10,12-14,24-25H2,1-2H3/t19-,22+/m0/s1. The fraction of sp³-hybridized carbons (Fsp3) is 0.348. The van der Waals surface area contributed by atoms with Crippen LogP contribution in [0.3, 0.4) is 0 Å². The molecule has 0 aliphatic carbocycles. The second-order valence-corrected chi connectivity index (χ2v) is 7.80. The Balaban J connectivity index is 2.15. The van der Waals surface area contributed by atoms with Gasteiger partial charge in [-0.3, -0.25) is 15.0 Å². The number of aromatic hydroxyl groups is 1. The van der Waals surface area contributed by atoms with Crippen molar-refractivity contribution >= 4 is 30.4 Å². The van der Waals surface area contributed by atoms with Crippen molar-refractivity contribution in [2.75, 3.05) is 37.9 Å². The molecule has 2 aromatic carbocycles. The van der Waals surface area contributed by atoms with Crippen molar-refractivity contribution in [3.8, 4) is 5.75 Å². The molecule has 10 nitrogen and oxygen atoms in total. The number of aldehydes is 2. The molecule has 178 valence electrons. The predicted molar refractivity (Wildman–Crippen MR) is 127 cm³/mol. The normalized spacial score (nSPS) is 12.7. The fourth-order valence-electron chi connectivity index (χ4n) is 3.73. The highest BCUT2D eigenvalue weighted by Gasteiger charge is 2.25. The first-order valence-electron chi connectivity index (χ1n) is 10.5. The van der Waals surface area contributed by atoms with Gasteiger partial charge in [-0.05, 0) is 49.8 Å². The van der Waals surface area contributed by atoms with Crippen molar-refractivity contribution in [1.82, 2.24) is 15.1 Å². The lowest BCUT2D eigenvalue weighted by atomic mass is 10.0. The molecule has 6 N–H and O–H groups in total. The summed E-state index contributed by atoms with van der Waals surface area (Å²) in [6.07, 6.45) is 1.97. The molecule has 2 aromatic rings. The predicted octanol–water partition coefficient (Wildman–Crippen LogP) is 0.0993. The first kappa shape index (κ1) is 25.8. The molecule has 10 heteroatoms. The Labute approximate surface area is 193 Å². The molecule has 0 radical (unpaired) electrons. The van der Waals surface area contributed by atoms with Crippen LogP contribution in [0.2, 0.25) is 0 Å². The number of nitrogen functional groups attached to an aromatic ring is 1. The van der Waals surface area contributed by atoms with E-state index in [4.69, 9.17) is 11.6 Å². The smallest absolute Gasteiger partial charge is 0.211 e. The number of rotatable bonds is 14. The maximum atomic E-state index is 11.9. The van der Waals surface area contributed by atoms with Gasteiger partial charge >= 0.3 is 0 Å². The van der Waals surface area contributed by atoms with E-state index in [1.165, 1.54) is 9.91 Å². The van der Waals surface area contributed by atoms with Gasteiger partial charge in [0, 0.05) is 13.1 Å². The molecule has 0 aliphatic heterocycles. The van der Waals surface area contributed by atoms with Gasteiger partial charge in [0.15, 0.2) is 0 Å². The number of nitrogens with one attached hydrogen (secondary N) is 1. The van der Waals surface area contributed by atoms with E-state index >= 15 is 0 Å². The number of hydrazine groups is 1. The number of nitrogens with two attached hydrogens (primary N) is 2. The van der Waals surface area contributed by atoms with Gasteiger partial charge in [-0.1, -0.05) is 24.3 Å². The lowest BCUT2D eigenvalue weighted by Crippen LogP contribution is -2.54. The Hall–Kier alpha value is -3.47. The van der Waals surface area contributed by atoms with E-state index in [9.17, 15) is 19.5 Å². The minimum absolute atomic E-state index is 0.00125. The second kappa shape index (κ2) is 12.5. The molecular formula is C23H32N6O4. The van der Waals surface area contributed by atoms with Gasteiger partial charge in [0.25, 0.3) is 0 Å². The number of carbonyl (C=O) groups excluding carboxylic acids is 3. The monoisotopic (exact) mass is 456 g/mol. The zero-order valence-corrected chi connectivity index (χ0v) is 18.9. The fourth-order valence-corrected chi connectivity index (χ4v) is 3.73. The number of carbonyl (C=O) groups is 3. The summed E-state index contributed by atoms with van der Waals surface area (Å²) in [7, 11) is 3.59. The number of phenols is 1. The Morgan fingerprint density at radius 2 is 1.82 bits per heavy atom. The van der Waals surface area contributed by atoms with E-state index in [-0.39, 0.29) is 12.3 Å². The third-order valence-electron chi connectivity index (χ3n) is 5.37. The summed E-state index contributed by atoms with van der Waals surface area (Å²) in [5.41, 5.74) is 8.76. The largest absolute Gasteiger partial charge is 0.508 e. The first-order valence-corrected chi connectivity index (χ1v) is 10.5. The van der Waals surface area contributed by atoms with Crippen LogP contribution in [-0.2, 0) is 27.3 Å². The number of nitrogens with zero attached hydrogens (tertiary/aromatic N) is 3. The molecule has 0 aliphatic rings. The van der Waals surface area contributed by atoms with Crippen LogP contribution < -0.4 is 21.9 Å². The molecule has 0 spiro atoms. The number of amides is 1. The second-order valence-electron chi connectivity index (χ2n) is 7.80. The van der Waals surface area contributed by atoms with Crippen LogP contribution in [0.25, 0.3) is 0 Å². The van der Waals surface area contributed by atoms with E-state index in [1.54, 1.807) is 37.4 Å². The van der Waals surface area contributed by atoms with Gasteiger partial charge < -0.3 is 30.3 Å². The Bertz CT molecular complexity index is 924. The average molecular weight is 457 g/mol. The van der Waals surface area contributed by atoms with Crippen LogP contribution in [-0.4, -0.2) is 73.3 Å². The molecule has 0 saturated heterocycles. The van der Waals surface area contributed by atoms with Crippen molar-refractivity contribution in [2.45, 2.75) is 25.2 Å². The summed E-state index contributed by atoms with van der Waals surface area (Å²) in [5, 5.41) is 13.9. The summed E-state index contributed by atoms with van der Waals surface area (Å²) in [5.74, 6) is 6.14. The van der Waals surface area contributed by atoms with E-state index < -0.39 is 12.2 Å². The van der Waals surface area contributed by atoms with Crippen LogP contribution in [0, 0.1) is 0 Å². The molecule has 0 saturated carbocycles. The Morgan fingerprint density at radius 1 is 1.12 bits per heavy atom. The number of hydrogen-bond donors (Lipinski definition) is 4. The van der Waals surface area contributed by atoms with Crippen LogP contribution in [0.4, 0.5) is 11.4 Å². The van der Waals surface area contributed by atoms with E-state index in [1.807, 2.05) is 24.1 Å². The Kier molecular flexibility index (Phi) is 9.80. The molecule has 0 bridgehead atoms. The average Bonchev–Trinajstić information content (AvgIpc) is 2.79. The minimum Gasteiger partial charge on any atom is -0.508 e. The number of likely N-dealkylation sites (N-methyl/N-ethyl adjacent to an activating group) is 2. The van der Waals surface area contributed by atoms with Gasteiger partial charge in [0.05, 0.1) is 30.1 Å². The van der Waals surface area contributed by atoms with Crippen molar-refractivity contribution < 1.29 is 19.5 Å². The molecule has 2 atom stereocenters. The van der Waals surface area contributed by atoms with Crippen molar-refractivity contribution in [3.63, 3.8) is 0 Å². The van der Waals surface area contributed by atoms with Gasteiger partial charge in [-0.15, -0.1) is 0 Å².